The van der Waals surface area contributed by atoms with Crippen LogP contribution >= 0.6 is 0 Å². The van der Waals surface area contributed by atoms with Crippen LogP contribution in [0.5, 0.6) is 0 Å². The van der Waals surface area contributed by atoms with E-state index in [1.807, 2.05) is 42.3 Å². The van der Waals surface area contributed by atoms with Gasteiger partial charge in [0.1, 0.15) is 23.0 Å². The summed E-state index contributed by atoms with van der Waals surface area (Å²) in [6.07, 6.45) is 9.55. The van der Waals surface area contributed by atoms with E-state index in [2.05, 4.69) is 59.5 Å². The van der Waals surface area contributed by atoms with Gasteiger partial charge in [-0.15, -0.1) is 0 Å². The number of nitrogens with zero attached hydrogens (tertiary/aromatic N) is 10. The molecule has 0 saturated heterocycles. The van der Waals surface area contributed by atoms with Crippen molar-refractivity contribution in [2.24, 2.45) is 10.8 Å². The van der Waals surface area contributed by atoms with Gasteiger partial charge in [0, 0.05) is 73.1 Å². The van der Waals surface area contributed by atoms with Crippen LogP contribution in [-0.4, -0.2) is 61.0 Å². The van der Waals surface area contributed by atoms with Gasteiger partial charge in [-0.05, 0) is 50.2 Å². The Morgan fingerprint density at radius 3 is 1.86 bits per heavy atom. The van der Waals surface area contributed by atoms with Crippen LogP contribution in [0, 0.1) is 31.6 Å². The molecule has 49 heavy (non-hydrogen) atoms. The second kappa shape index (κ2) is 12.6. The lowest BCUT2D eigenvalue weighted by Gasteiger charge is -2.24. The highest BCUT2D eigenvalue weighted by Crippen LogP contribution is 2.33. The minimum atomic E-state index is -0.349. The number of hydrogen-bond acceptors (Lipinski definition) is 10. The van der Waals surface area contributed by atoms with E-state index >= 15 is 0 Å². The third-order valence-electron chi connectivity index (χ3n) is 8.52. The molecule has 0 aliphatic heterocycles. The molecule has 12 nitrogen and oxygen atoms in total. The number of Topliss-reactive ketones (excluding diaryl/α,β-unsaturated/α-hetero) is 2. The van der Waals surface area contributed by atoms with Gasteiger partial charge < -0.3 is 0 Å². The molecule has 0 amide bonds. The lowest BCUT2D eigenvalue weighted by atomic mass is 9.86. The fraction of sp³-hybridized carbons (Fsp3) is 0.405. The first-order chi connectivity index (χ1) is 23.1. The summed E-state index contributed by atoms with van der Waals surface area (Å²) >= 11 is 0. The zero-order chi connectivity index (χ0) is 35.2. The standard InChI is InChI=1S/C37H42N10O2/c1-21-35-28(13-30(43-21)26-16-40-24(4)41-17-26)34(45-47(35)19-36(5,6)7)32(49)10-11-37(8,9)20-46-31-18-42-29(25-14-38-23(3)39-15-25)12-27(31)33(44-46)22(2)48/h12-18H,10-11,19-20H2,1-9H3. The topological polar surface area (TPSA) is 147 Å². The zero-order valence-corrected chi connectivity index (χ0v) is 29.7. The van der Waals surface area contributed by atoms with Gasteiger partial charge in [-0.3, -0.25) is 28.9 Å². The number of aryl methyl sites for hydroxylation is 3. The van der Waals surface area contributed by atoms with Crippen molar-refractivity contribution >= 4 is 33.4 Å². The third-order valence-corrected chi connectivity index (χ3v) is 8.52. The van der Waals surface area contributed by atoms with Gasteiger partial charge in [0.25, 0.3) is 0 Å². The maximum atomic E-state index is 14.0. The normalized spacial score (nSPS) is 12.3. The lowest BCUT2D eigenvalue weighted by Crippen LogP contribution is -2.22. The third kappa shape index (κ3) is 7.13. The second-order valence-electron chi connectivity index (χ2n) is 14.8. The first-order valence-electron chi connectivity index (χ1n) is 16.5. The summed E-state index contributed by atoms with van der Waals surface area (Å²) in [6.45, 7) is 18.9. The van der Waals surface area contributed by atoms with E-state index in [4.69, 9.17) is 15.2 Å². The molecule has 0 N–H and O–H groups in total. The monoisotopic (exact) mass is 658 g/mol. The van der Waals surface area contributed by atoms with Gasteiger partial charge in [-0.2, -0.15) is 10.2 Å². The number of aromatic nitrogens is 10. The van der Waals surface area contributed by atoms with Crippen molar-refractivity contribution in [3.05, 3.63) is 71.8 Å². The van der Waals surface area contributed by atoms with Crippen LogP contribution in [0.1, 0.15) is 92.7 Å². The fourth-order valence-electron chi connectivity index (χ4n) is 6.03. The van der Waals surface area contributed by atoms with Gasteiger partial charge in [0.2, 0.25) is 0 Å². The van der Waals surface area contributed by atoms with Gasteiger partial charge in [-0.25, -0.2) is 19.9 Å². The Balaban J connectivity index is 1.29. The van der Waals surface area contributed by atoms with Gasteiger partial charge in [-0.1, -0.05) is 34.6 Å². The van der Waals surface area contributed by atoms with Gasteiger partial charge >= 0.3 is 0 Å². The summed E-state index contributed by atoms with van der Waals surface area (Å²) in [5.41, 5.74) is 5.73. The Bertz CT molecular complexity index is 2210. The molecule has 0 saturated carbocycles. The Kier molecular flexibility index (Phi) is 8.68. The average Bonchev–Trinajstić information content (AvgIpc) is 3.57. The summed E-state index contributed by atoms with van der Waals surface area (Å²) in [5.74, 6) is 1.18. The summed E-state index contributed by atoms with van der Waals surface area (Å²) in [5, 5.41) is 11.1. The minimum Gasteiger partial charge on any atom is -0.293 e. The molecule has 0 bridgehead atoms. The molecular formula is C37H42N10O2. The number of fused-ring (bicyclic) bond motifs is 2. The first kappa shape index (κ1) is 33.6. The summed E-state index contributed by atoms with van der Waals surface area (Å²) in [6, 6.07) is 3.80. The minimum absolute atomic E-state index is 0.0381. The number of pyridine rings is 2. The second-order valence-corrected chi connectivity index (χ2v) is 14.8. The molecule has 252 valence electrons. The molecule has 0 radical (unpaired) electrons. The SMILES string of the molecule is CC(=O)c1nn(CC(C)(C)CCC(=O)c2nn(CC(C)(C)C)c3c(C)nc(-c4cnc(C)nc4)cc23)c2cnc(-c3cnc(C)nc3)cc12. The molecule has 6 aromatic heterocycles. The van der Waals surface area contributed by atoms with Gasteiger partial charge in [0.15, 0.2) is 11.6 Å². The van der Waals surface area contributed by atoms with E-state index in [0.717, 1.165) is 38.6 Å². The van der Waals surface area contributed by atoms with Crippen molar-refractivity contribution in [2.75, 3.05) is 0 Å². The highest BCUT2D eigenvalue weighted by atomic mass is 16.1. The molecule has 6 heterocycles. The Morgan fingerprint density at radius 1 is 0.694 bits per heavy atom. The van der Waals surface area contributed by atoms with Crippen LogP contribution in [0.3, 0.4) is 0 Å². The highest BCUT2D eigenvalue weighted by molar-refractivity contribution is 6.07. The highest BCUT2D eigenvalue weighted by Gasteiger charge is 2.27. The number of rotatable bonds is 10. The maximum absolute atomic E-state index is 14.0. The number of carbonyl (C=O) groups excluding carboxylic acids is 2. The van der Waals surface area contributed by atoms with Crippen molar-refractivity contribution in [1.82, 2.24) is 49.5 Å². The van der Waals surface area contributed by atoms with E-state index in [0.29, 0.717) is 53.9 Å². The molecule has 6 rings (SSSR count). The van der Waals surface area contributed by atoms with Crippen LogP contribution in [0.15, 0.2) is 43.1 Å². The quantitative estimate of drug-likeness (QED) is 0.142. The predicted molar refractivity (Wildman–Crippen MR) is 188 cm³/mol. The molecule has 0 aromatic carbocycles. The Hall–Kier alpha value is -5.26. The fourth-order valence-corrected chi connectivity index (χ4v) is 6.03. The lowest BCUT2D eigenvalue weighted by molar-refractivity contribution is 0.0953. The molecule has 6 aromatic rings. The van der Waals surface area contributed by atoms with Crippen LogP contribution in [0.25, 0.3) is 44.3 Å². The predicted octanol–water partition coefficient (Wildman–Crippen LogP) is 6.95. The van der Waals surface area contributed by atoms with Gasteiger partial charge in [0.05, 0.1) is 34.3 Å². The van der Waals surface area contributed by atoms with Crippen molar-refractivity contribution in [3.63, 3.8) is 0 Å². The smallest absolute Gasteiger partial charge is 0.183 e. The number of hydrogen-bond donors (Lipinski definition) is 0. The molecule has 0 fully saturated rings. The van der Waals surface area contributed by atoms with Crippen LogP contribution in [0.4, 0.5) is 0 Å². The van der Waals surface area contributed by atoms with Crippen LogP contribution in [-0.2, 0) is 13.1 Å². The molecule has 12 heteroatoms. The van der Waals surface area contributed by atoms with Crippen molar-refractivity contribution < 1.29 is 9.59 Å². The molecule has 0 aliphatic rings. The number of ketones is 2. The molecule has 0 aliphatic carbocycles. The van der Waals surface area contributed by atoms with Crippen molar-refractivity contribution in [2.45, 2.75) is 88.2 Å². The van der Waals surface area contributed by atoms with Crippen LogP contribution < -0.4 is 0 Å². The van der Waals surface area contributed by atoms with E-state index in [9.17, 15) is 9.59 Å². The van der Waals surface area contributed by atoms with Crippen molar-refractivity contribution in [3.8, 4) is 22.5 Å². The Labute approximate surface area is 285 Å². The Morgan fingerprint density at radius 2 is 1.27 bits per heavy atom. The largest absolute Gasteiger partial charge is 0.293 e. The average molecular weight is 659 g/mol. The molecular weight excluding hydrogens is 616 g/mol. The molecule has 0 atom stereocenters. The van der Waals surface area contributed by atoms with E-state index in [1.54, 1.807) is 31.0 Å². The maximum Gasteiger partial charge on any atom is 0.183 e. The zero-order valence-electron chi connectivity index (χ0n) is 29.7. The van der Waals surface area contributed by atoms with Crippen molar-refractivity contribution in [1.29, 1.82) is 0 Å². The van der Waals surface area contributed by atoms with Crippen LogP contribution in [0.2, 0.25) is 0 Å². The summed E-state index contributed by atoms with van der Waals surface area (Å²) < 4.78 is 3.76. The van der Waals surface area contributed by atoms with E-state index in [-0.39, 0.29) is 28.8 Å². The van der Waals surface area contributed by atoms with E-state index < -0.39 is 0 Å². The molecule has 0 spiro atoms. The first-order valence-corrected chi connectivity index (χ1v) is 16.5. The summed E-state index contributed by atoms with van der Waals surface area (Å²) in [7, 11) is 0. The summed E-state index contributed by atoms with van der Waals surface area (Å²) in [4.78, 5) is 53.5. The number of carbonyl (C=O) groups is 2. The molecule has 0 unspecified atom stereocenters. The van der Waals surface area contributed by atoms with E-state index in [1.165, 1.54) is 6.92 Å².